The largest absolute Gasteiger partial charge is 0.497 e. The van der Waals surface area contributed by atoms with Crippen LogP contribution in [-0.4, -0.2) is 61.1 Å². The number of benzene rings is 1. The van der Waals surface area contributed by atoms with Crippen molar-refractivity contribution in [2.45, 2.75) is 56.5 Å². The molecule has 1 aromatic carbocycles. The van der Waals surface area contributed by atoms with Crippen molar-refractivity contribution in [1.82, 2.24) is 15.5 Å². The molecule has 1 aliphatic carbocycles. The van der Waals surface area contributed by atoms with Crippen molar-refractivity contribution in [2.75, 3.05) is 31.6 Å². The zero-order valence-corrected chi connectivity index (χ0v) is 17.5. The summed E-state index contributed by atoms with van der Waals surface area (Å²) in [7, 11) is 1.65. The van der Waals surface area contributed by atoms with Gasteiger partial charge in [0.25, 0.3) is 5.91 Å². The van der Waals surface area contributed by atoms with Crippen LogP contribution in [0.1, 0.15) is 44.9 Å². The van der Waals surface area contributed by atoms with Gasteiger partial charge in [0.05, 0.1) is 7.11 Å². The minimum absolute atomic E-state index is 0.0522. The standard InChI is InChI=1S/C22H30N4O4/c1-30-18-7-5-17(6-8-18)25-13-9-16(10-14-25)23-19(27)15-26-20(28)22(24-21(26)29)11-3-2-4-12-22/h5-8,16H,2-4,9-15H2,1H3,(H,23,27)(H,24,29). The number of hydrogen-bond acceptors (Lipinski definition) is 5. The highest BCUT2D eigenvalue weighted by Crippen LogP contribution is 2.33. The Hall–Kier alpha value is -2.77. The number of hydrogen-bond donors (Lipinski definition) is 2. The van der Waals surface area contributed by atoms with E-state index < -0.39 is 11.6 Å². The zero-order valence-electron chi connectivity index (χ0n) is 17.5. The first-order valence-corrected chi connectivity index (χ1v) is 10.8. The van der Waals surface area contributed by atoms with Crippen molar-refractivity contribution >= 4 is 23.5 Å². The zero-order chi connectivity index (χ0) is 21.1. The minimum Gasteiger partial charge on any atom is -0.497 e. The lowest BCUT2D eigenvalue weighted by Crippen LogP contribution is -2.50. The van der Waals surface area contributed by atoms with Gasteiger partial charge in [-0.05, 0) is 49.9 Å². The summed E-state index contributed by atoms with van der Waals surface area (Å²) in [6, 6.07) is 7.58. The molecular formula is C22H30N4O4. The highest BCUT2D eigenvalue weighted by molar-refractivity contribution is 6.09. The van der Waals surface area contributed by atoms with Gasteiger partial charge in [0.2, 0.25) is 5.91 Å². The molecule has 0 atom stereocenters. The molecule has 2 N–H and O–H groups in total. The maximum absolute atomic E-state index is 12.8. The van der Waals surface area contributed by atoms with Gasteiger partial charge in [-0.1, -0.05) is 19.3 Å². The van der Waals surface area contributed by atoms with Gasteiger partial charge in [-0.25, -0.2) is 4.79 Å². The first-order chi connectivity index (χ1) is 14.5. The fourth-order valence-electron chi connectivity index (χ4n) is 4.81. The molecule has 3 fully saturated rings. The van der Waals surface area contributed by atoms with Crippen molar-refractivity contribution in [3.63, 3.8) is 0 Å². The quantitative estimate of drug-likeness (QED) is 0.720. The SMILES string of the molecule is COc1ccc(N2CCC(NC(=O)CN3C(=O)NC4(CCCCC4)C3=O)CC2)cc1. The van der Waals surface area contributed by atoms with E-state index in [0.717, 1.165) is 61.5 Å². The smallest absolute Gasteiger partial charge is 0.325 e. The van der Waals surface area contributed by atoms with Crippen LogP contribution in [0.3, 0.4) is 0 Å². The van der Waals surface area contributed by atoms with E-state index in [1.54, 1.807) is 7.11 Å². The molecule has 0 bridgehead atoms. The van der Waals surface area contributed by atoms with Gasteiger partial charge in [0, 0.05) is 24.8 Å². The molecule has 0 unspecified atom stereocenters. The Balaban J connectivity index is 1.27. The number of carbonyl (C=O) groups is 3. The number of carbonyl (C=O) groups excluding carboxylic acids is 3. The van der Waals surface area contributed by atoms with Crippen molar-refractivity contribution in [3.8, 4) is 5.75 Å². The summed E-state index contributed by atoms with van der Waals surface area (Å²) >= 11 is 0. The second-order valence-corrected chi connectivity index (χ2v) is 8.49. The van der Waals surface area contributed by atoms with Crippen molar-refractivity contribution in [1.29, 1.82) is 0 Å². The van der Waals surface area contributed by atoms with Gasteiger partial charge in [0.15, 0.2) is 0 Å². The third-order valence-corrected chi connectivity index (χ3v) is 6.55. The Bertz CT molecular complexity index is 796. The number of amides is 4. The molecule has 4 amide bonds. The van der Waals surface area contributed by atoms with Crippen LogP contribution in [0, 0.1) is 0 Å². The van der Waals surface area contributed by atoms with Crippen molar-refractivity contribution in [3.05, 3.63) is 24.3 Å². The Morgan fingerprint density at radius 1 is 1.13 bits per heavy atom. The van der Waals surface area contributed by atoms with E-state index in [4.69, 9.17) is 4.74 Å². The predicted octanol–water partition coefficient (Wildman–Crippen LogP) is 2.03. The number of nitrogens with zero attached hydrogens (tertiary/aromatic N) is 2. The summed E-state index contributed by atoms with van der Waals surface area (Å²) < 4.78 is 5.20. The van der Waals surface area contributed by atoms with Gasteiger partial charge in [-0.2, -0.15) is 0 Å². The van der Waals surface area contributed by atoms with E-state index >= 15 is 0 Å². The monoisotopic (exact) mass is 414 g/mol. The third kappa shape index (κ3) is 4.08. The number of urea groups is 1. The van der Waals surface area contributed by atoms with E-state index in [1.165, 1.54) is 0 Å². The van der Waals surface area contributed by atoms with Crippen LogP contribution in [0.4, 0.5) is 10.5 Å². The summed E-state index contributed by atoms with van der Waals surface area (Å²) in [6.07, 6.45) is 5.92. The van der Waals surface area contributed by atoms with Crippen LogP contribution in [0.2, 0.25) is 0 Å². The fraction of sp³-hybridized carbons (Fsp3) is 0.591. The number of methoxy groups -OCH3 is 1. The minimum atomic E-state index is -0.778. The maximum atomic E-state index is 12.8. The topological polar surface area (TPSA) is 91.0 Å². The van der Waals surface area contributed by atoms with E-state index in [9.17, 15) is 14.4 Å². The molecule has 4 rings (SSSR count). The van der Waals surface area contributed by atoms with Crippen LogP contribution in [0.25, 0.3) is 0 Å². The number of rotatable bonds is 5. The van der Waals surface area contributed by atoms with E-state index in [0.29, 0.717) is 12.8 Å². The lowest BCUT2D eigenvalue weighted by molar-refractivity contribution is -0.136. The molecule has 1 spiro atoms. The predicted molar refractivity (Wildman–Crippen MR) is 112 cm³/mol. The Morgan fingerprint density at radius 3 is 2.43 bits per heavy atom. The second kappa shape index (κ2) is 8.53. The van der Waals surface area contributed by atoms with Gasteiger partial charge in [-0.3, -0.25) is 14.5 Å². The summed E-state index contributed by atoms with van der Waals surface area (Å²) in [5, 5.41) is 5.86. The molecular weight excluding hydrogens is 384 g/mol. The fourth-order valence-corrected chi connectivity index (χ4v) is 4.81. The summed E-state index contributed by atoms with van der Waals surface area (Å²) in [6.45, 7) is 1.47. The van der Waals surface area contributed by atoms with E-state index in [-0.39, 0.29) is 24.4 Å². The van der Waals surface area contributed by atoms with Gasteiger partial charge in [0.1, 0.15) is 17.8 Å². The molecule has 0 aromatic heterocycles. The van der Waals surface area contributed by atoms with Crippen LogP contribution < -0.4 is 20.3 Å². The van der Waals surface area contributed by atoms with Crippen LogP contribution >= 0.6 is 0 Å². The number of imide groups is 1. The molecule has 8 heteroatoms. The first-order valence-electron chi connectivity index (χ1n) is 10.8. The van der Waals surface area contributed by atoms with Crippen molar-refractivity contribution < 1.29 is 19.1 Å². The van der Waals surface area contributed by atoms with Crippen LogP contribution in [-0.2, 0) is 9.59 Å². The highest BCUT2D eigenvalue weighted by Gasteiger charge is 2.51. The number of anilines is 1. The number of nitrogens with one attached hydrogen (secondary N) is 2. The van der Waals surface area contributed by atoms with Gasteiger partial charge in [-0.15, -0.1) is 0 Å². The van der Waals surface area contributed by atoms with Crippen molar-refractivity contribution in [2.24, 2.45) is 0 Å². The average molecular weight is 415 g/mol. The Morgan fingerprint density at radius 2 is 1.80 bits per heavy atom. The number of ether oxygens (including phenoxy) is 1. The normalized spacial score (nSPS) is 21.6. The summed E-state index contributed by atoms with van der Waals surface area (Å²) in [5.74, 6) is 0.322. The van der Waals surface area contributed by atoms with Gasteiger partial charge >= 0.3 is 6.03 Å². The molecule has 1 aromatic rings. The molecule has 30 heavy (non-hydrogen) atoms. The summed E-state index contributed by atoms with van der Waals surface area (Å²) in [5.41, 5.74) is 0.358. The molecule has 0 radical (unpaired) electrons. The first kappa shape index (κ1) is 20.5. The summed E-state index contributed by atoms with van der Waals surface area (Å²) in [4.78, 5) is 41.1. The number of piperidine rings is 1. The van der Waals surface area contributed by atoms with Gasteiger partial charge < -0.3 is 20.3 Å². The van der Waals surface area contributed by atoms with E-state index in [1.807, 2.05) is 24.3 Å². The lowest BCUT2D eigenvalue weighted by Gasteiger charge is -2.34. The second-order valence-electron chi connectivity index (χ2n) is 8.49. The van der Waals surface area contributed by atoms with Crippen LogP contribution in [0.15, 0.2) is 24.3 Å². The molecule has 162 valence electrons. The van der Waals surface area contributed by atoms with Crippen LogP contribution in [0.5, 0.6) is 5.75 Å². The Kier molecular flexibility index (Phi) is 5.83. The molecule has 8 nitrogen and oxygen atoms in total. The third-order valence-electron chi connectivity index (χ3n) is 6.55. The molecule has 2 aliphatic heterocycles. The lowest BCUT2D eigenvalue weighted by atomic mass is 9.82. The molecule has 2 saturated heterocycles. The highest BCUT2D eigenvalue weighted by atomic mass is 16.5. The van der Waals surface area contributed by atoms with E-state index in [2.05, 4.69) is 15.5 Å². The Labute approximate surface area is 176 Å². The molecule has 3 aliphatic rings. The molecule has 1 saturated carbocycles. The maximum Gasteiger partial charge on any atom is 0.325 e. The molecule has 2 heterocycles. The average Bonchev–Trinajstić information content (AvgIpc) is 2.98.